The van der Waals surface area contributed by atoms with Gasteiger partial charge in [0.05, 0.1) is 25.4 Å². The highest BCUT2D eigenvalue weighted by molar-refractivity contribution is 6.99. The molecule has 2 atom stereocenters. The van der Waals surface area contributed by atoms with Gasteiger partial charge in [0.1, 0.15) is 6.10 Å². The molecule has 0 saturated carbocycles. The molecule has 6 heteroatoms. The highest BCUT2D eigenvalue weighted by Gasteiger charge is 2.53. The fraction of sp³-hybridized carbons (Fsp3) is 0.419. The predicted octanol–water partition coefficient (Wildman–Crippen LogP) is 5.19. The Labute approximate surface area is 223 Å². The molecule has 0 aliphatic carbocycles. The van der Waals surface area contributed by atoms with Crippen LogP contribution in [0.15, 0.2) is 91.0 Å². The van der Waals surface area contributed by atoms with Crippen LogP contribution < -0.4 is 15.9 Å². The summed E-state index contributed by atoms with van der Waals surface area (Å²) in [6, 6.07) is 31.5. The van der Waals surface area contributed by atoms with Crippen LogP contribution in [0.1, 0.15) is 47.1 Å². The topological polar surface area (TPSA) is 49.0 Å². The van der Waals surface area contributed by atoms with Gasteiger partial charge in [-0.25, -0.2) is 0 Å². The summed E-state index contributed by atoms with van der Waals surface area (Å²) in [5, 5.41) is 2.35. The molecule has 3 aromatic carbocycles. The van der Waals surface area contributed by atoms with E-state index in [2.05, 4.69) is 106 Å². The van der Waals surface area contributed by atoms with Crippen LogP contribution in [0.4, 0.5) is 0 Å². The summed E-state index contributed by atoms with van der Waals surface area (Å²) < 4.78 is 19.6. The second-order valence-electron chi connectivity index (χ2n) is 11.6. The first-order valence-corrected chi connectivity index (χ1v) is 15.0. The first-order chi connectivity index (χ1) is 17.6. The van der Waals surface area contributed by atoms with Crippen molar-refractivity contribution in [3.63, 3.8) is 0 Å². The van der Waals surface area contributed by atoms with Crippen LogP contribution in [0, 0.1) is 0 Å². The maximum atomic E-state index is 7.28. The van der Waals surface area contributed by atoms with E-state index in [0.717, 1.165) is 5.56 Å². The molecule has 0 aromatic heterocycles. The van der Waals surface area contributed by atoms with E-state index in [1.165, 1.54) is 10.4 Å². The second-order valence-corrected chi connectivity index (χ2v) is 15.9. The van der Waals surface area contributed by atoms with Crippen molar-refractivity contribution < 1.29 is 18.7 Å². The number of benzene rings is 3. The van der Waals surface area contributed by atoms with E-state index >= 15 is 0 Å². The van der Waals surface area contributed by atoms with E-state index in [4.69, 9.17) is 18.7 Å². The van der Waals surface area contributed by atoms with Gasteiger partial charge in [-0.2, -0.15) is 5.48 Å². The van der Waals surface area contributed by atoms with E-state index in [1.807, 2.05) is 32.0 Å². The fourth-order valence-electron chi connectivity index (χ4n) is 5.07. The molecular formula is C31H41NO4Si. The molecule has 4 rings (SSSR count). The summed E-state index contributed by atoms with van der Waals surface area (Å²) >= 11 is 0. The van der Waals surface area contributed by atoms with Crippen LogP contribution in [-0.2, 0) is 25.3 Å². The zero-order chi connectivity index (χ0) is 26.6. The molecule has 1 saturated heterocycles. The lowest BCUT2D eigenvalue weighted by Gasteiger charge is -2.46. The first-order valence-electron chi connectivity index (χ1n) is 13.1. The Bertz CT molecular complexity index is 1080. The third-order valence-corrected chi connectivity index (χ3v) is 12.1. The molecule has 0 radical (unpaired) electrons. The van der Waals surface area contributed by atoms with Gasteiger partial charge in [0.25, 0.3) is 8.32 Å². The third kappa shape index (κ3) is 6.23. The lowest BCUT2D eigenvalue weighted by atomic mass is 9.97. The van der Waals surface area contributed by atoms with Crippen molar-refractivity contribution >= 4 is 18.7 Å². The minimum atomic E-state index is -2.74. The van der Waals surface area contributed by atoms with Gasteiger partial charge < -0.3 is 13.9 Å². The molecule has 198 valence electrons. The van der Waals surface area contributed by atoms with Crippen molar-refractivity contribution in [1.82, 2.24) is 5.48 Å². The van der Waals surface area contributed by atoms with Gasteiger partial charge in [0.15, 0.2) is 5.79 Å². The molecule has 1 fully saturated rings. The number of nitrogens with one attached hydrogen (secondary N) is 1. The predicted molar refractivity (Wildman–Crippen MR) is 151 cm³/mol. The Balaban J connectivity index is 1.67. The van der Waals surface area contributed by atoms with Crippen molar-refractivity contribution in [3.05, 3.63) is 96.6 Å². The smallest absolute Gasteiger partial charge is 0.261 e. The Morgan fingerprint density at radius 1 is 0.838 bits per heavy atom. The molecule has 0 amide bonds. The van der Waals surface area contributed by atoms with Crippen molar-refractivity contribution in [2.24, 2.45) is 0 Å². The molecule has 0 unspecified atom stereocenters. The molecule has 1 heterocycles. The molecule has 3 aromatic rings. The van der Waals surface area contributed by atoms with Gasteiger partial charge in [0.2, 0.25) is 0 Å². The molecule has 1 aliphatic rings. The average molecular weight is 520 g/mol. The Morgan fingerprint density at radius 3 is 1.81 bits per heavy atom. The van der Waals surface area contributed by atoms with Crippen molar-refractivity contribution in [1.29, 1.82) is 0 Å². The summed E-state index contributed by atoms with van der Waals surface area (Å²) in [7, 11) is -2.74. The number of hydrogen-bond acceptors (Lipinski definition) is 5. The quantitative estimate of drug-likeness (QED) is 0.295. The van der Waals surface area contributed by atoms with Crippen LogP contribution in [0.2, 0.25) is 5.04 Å². The number of hydroxylamine groups is 1. The average Bonchev–Trinajstić information content (AvgIpc) is 3.26. The van der Waals surface area contributed by atoms with Crippen molar-refractivity contribution in [2.75, 3.05) is 13.2 Å². The largest absolute Gasteiger partial charge is 0.405 e. The normalized spacial score (nSPS) is 19.5. The van der Waals surface area contributed by atoms with Gasteiger partial charge >= 0.3 is 0 Å². The van der Waals surface area contributed by atoms with Crippen molar-refractivity contribution in [3.8, 4) is 0 Å². The maximum absolute atomic E-state index is 7.28. The van der Waals surface area contributed by atoms with Crippen LogP contribution in [0.5, 0.6) is 0 Å². The first kappa shape index (κ1) is 27.7. The summed E-state index contributed by atoms with van der Waals surface area (Å²) in [5.74, 6) is -0.662. The zero-order valence-corrected chi connectivity index (χ0v) is 24.0. The van der Waals surface area contributed by atoms with Crippen LogP contribution in [0.3, 0.4) is 0 Å². The van der Waals surface area contributed by atoms with E-state index in [-0.39, 0.29) is 11.1 Å². The van der Waals surface area contributed by atoms with E-state index in [1.54, 1.807) is 0 Å². The van der Waals surface area contributed by atoms with Gasteiger partial charge in [0, 0.05) is 0 Å². The summed E-state index contributed by atoms with van der Waals surface area (Å²) in [5.41, 5.74) is 3.78. The van der Waals surface area contributed by atoms with Gasteiger partial charge in [-0.05, 0) is 41.7 Å². The summed E-state index contributed by atoms with van der Waals surface area (Å²) in [6.07, 6.45) is -0.253. The standard InChI is InChI=1S/C31H41NO4Si/c1-29(2,3)37(26-18-12-8-13-19-26,27-20-14-9-15-21-27)35-24-31(6,28-23-33-30(4,5)36-28)32-34-22-25-16-10-7-11-17-25/h7-21,28,32H,22-24H2,1-6H3/t28-,31-/m1/s1. The lowest BCUT2D eigenvalue weighted by Crippen LogP contribution is -2.69. The second kappa shape index (κ2) is 11.2. The number of rotatable bonds is 10. The maximum Gasteiger partial charge on any atom is 0.261 e. The summed E-state index contributed by atoms with van der Waals surface area (Å²) in [4.78, 5) is 6.08. The van der Waals surface area contributed by atoms with Gasteiger partial charge in [-0.15, -0.1) is 0 Å². The number of ether oxygens (including phenoxy) is 2. The minimum absolute atomic E-state index is 0.131. The molecule has 0 spiro atoms. The highest BCUT2D eigenvalue weighted by atomic mass is 28.4. The molecule has 37 heavy (non-hydrogen) atoms. The van der Waals surface area contributed by atoms with E-state index in [9.17, 15) is 0 Å². The van der Waals surface area contributed by atoms with Crippen LogP contribution >= 0.6 is 0 Å². The molecule has 1 aliphatic heterocycles. The fourth-order valence-corrected chi connectivity index (χ4v) is 9.74. The molecular weight excluding hydrogens is 478 g/mol. The Morgan fingerprint density at radius 2 is 1.35 bits per heavy atom. The lowest BCUT2D eigenvalue weighted by molar-refractivity contribution is -0.164. The van der Waals surface area contributed by atoms with Gasteiger partial charge in [-0.1, -0.05) is 112 Å². The number of hydrogen-bond donors (Lipinski definition) is 1. The monoisotopic (exact) mass is 519 g/mol. The third-order valence-electron chi connectivity index (χ3n) is 7.11. The molecule has 5 nitrogen and oxygen atoms in total. The zero-order valence-electron chi connectivity index (χ0n) is 23.0. The summed E-state index contributed by atoms with van der Waals surface area (Å²) in [6.45, 7) is 14.1. The van der Waals surface area contributed by atoms with Crippen LogP contribution in [0.25, 0.3) is 0 Å². The van der Waals surface area contributed by atoms with Gasteiger partial charge in [-0.3, -0.25) is 4.84 Å². The Kier molecular flexibility index (Phi) is 8.38. The molecule has 1 N–H and O–H groups in total. The SMILES string of the molecule is CC1(C)OC[C@H]([C@@](C)(CO[Si](c2ccccc2)(c2ccccc2)C(C)(C)C)NOCc2ccccc2)O1. The van der Waals surface area contributed by atoms with Crippen molar-refractivity contribution in [2.45, 2.75) is 70.6 Å². The van der Waals surface area contributed by atoms with E-state index < -0.39 is 19.6 Å². The van der Waals surface area contributed by atoms with E-state index in [0.29, 0.717) is 19.8 Å². The van der Waals surface area contributed by atoms with Crippen LogP contribution in [-0.4, -0.2) is 39.0 Å². The molecule has 0 bridgehead atoms. The highest BCUT2D eigenvalue weighted by Crippen LogP contribution is 2.38. The Hall–Kier alpha value is -2.32. The minimum Gasteiger partial charge on any atom is -0.405 e.